The van der Waals surface area contributed by atoms with Crippen molar-refractivity contribution in [2.75, 3.05) is 12.0 Å². The van der Waals surface area contributed by atoms with E-state index in [9.17, 15) is 0 Å². The topological polar surface area (TPSA) is 64.1 Å². The molecule has 0 amide bonds. The predicted octanol–water partition coefficient (Wildman–Crippen LogP) is 0.673. The molecule has 0 heterocycles. The summed E-state index contributed by atoms with van der Waals surface area (Å²) in [6.07, 6.45) is 0.707. The number of nitrogens with one attached hydrogen (secondary N) is 1. The molecule has 0 aliphatic heterocycles. The summed E-state index contributed by atoms with van der Waals surface area (Å²) >= 11 is 0. The Kier molecular flexibility index (Phi) is 3.83. The summed E-state index contributed by atoms with van der Waals surface area (Å²) in [5, 5.41) is 0. The van der Waals surface area contributed by atoms with Crippen LogP contribution in [0.1, 0.15) is 12.0 Å². The van der Waals surface area contributed by atoms with E-state index in [0.29, 0.717) is 13.0 Å². The van der Waals surface area contributed by atoms with Crippen molar-refractivity contribution in [2.24, 2.45) is 11.6 Å². The monoisotopic (exact) mass is 175 g/mol. The van der Waals surface area contributed by atoms with Crippen molar-refractivity contribution >= 4 is 5.69 Å². The number of hydrogen-bond donors (Lipinski definition) is 3. The second-order valence-corrected chi connectivity index (χ2v) is 2.53. The van der Waals surface area contributed by atoms with Crippen LogP contribution in [0.15, 0.2) is 24.3 Å². The van der Waals surface area contributed by atoms with Crippen molar-refractivity contribution in [3.8, 4) is 11.8 Å². The van der Waals surface area contributed by atoms with Crippen LogP contribution in [0.2, 0.25) is 0 Å². The highest BCUT2D eigenvalue weighted by molar-refractivity contribution is 5.58. The largest absolute Gasteiger partial charge is 0.330 e. The Morgan fingerprint density at radius 2 is 2.08 bits per heavy atom. The van der Waals surface area contributed by atoms with Gasteiger partial charge in [0.25, 0.3) is 0 Å². The van der Waals surface area contributed by atoms with Gasteiger partial charge in [-0.25, -0.2) is 0 Å². The second-order valence-electron chi connectivity index (χ2n) is 2.53. The first-order chi connectivity index (χ1) is 6.38. The van der Waals surface area contributed by atoms with E-state index < -0.39 is 0 Å². The highest BCUT2D eigenvalue weighted by Crippen LogP contribution is 2.11. The van der Waals surface area contributed by atoms with Crippen LogP contribution < -0.4 is 17.0 Å². The van der Waals surface area contributed by atoms with E-state index in [2.05, 4.69) is 17.3 Å². The van der Waals surface area contributed by atoms with Crippen molar-refractivity contribution in [1.82, 2.24) is 0 Å². The third-order valence-electron chi connectivity index (χ3n) is 1.57. The van der Waals surface area contributed by atoms with Crippen molar-refractivity contribution in [3.63, 3.8) is 0 Å². The minimum atomic E-state index is 0.589. The Morgan fingerprint density at radius 3 is 2.77 bits per heavy atom. The molecule has 0 aliphatic carbocycles. The van der Waals surface area contributed by atoms with Gasteiger partial charge in [-0.3, -0.25) is 5.84 Å². The SMILES string of the molecule is NCCC#Cc1ccccc1NN. The van der Waals surface area contributed by atoms with Crippen LogP contribution in [0.5, 0.6) is 0 Å². The Bertz CT molecular complexity index is 322. The number of benzene rings is 1. The van der Waals surface area contributed by atoms with Crippen molar-refractivity contribution in [3.05, 3.63) is 29.8 Å². The molecule has 0 spiro atoms. The fraction of sp³-hybridized carbons (Fsp3) is 0.200. The van der Waals surface area contributed by atoms with E-state index >= 15 is 0 Å². The summed E-state index contributed by atoms with van der Waals surface area (Å²) in [4.78, 5) is 0. The van der Waals surface area contributed by atoms with Crippen molar-refractivity contribution in [2.45, 2.75) is 6.42 Å². The third kappa shape index (κ3) is 2.79. The molecule has 3 heteroatoms. The van der Waals surface area contributed by atoms with Gasteiger partial charge in [0.15, 0.2) is 0 Å². The van der Waals surface area contributed by atoms with Crippen LogP contribution >= 0.6 is 0 Å². The number of nitrogen functional groups attached to an aromatic ring is 1. The Hall–Kier alpha value is -1.50. The number of rotatable bonds is 2. The molecule has 5 N–H and O–H groups in total. The fourth-order valence-electron chi connectivity index (χ4n) is 0.948. The molecule has 0 unspecified atom stereocenters. The van der Waals surface area contributed by atoms with Crippen LogP contribution in [-0.4, -0.2) is 6.54 Å². The maximum atomic E-state index is 5.32. The van der Waals surface area contributed by atoms with Gasteiger partial charge in [-0.15, -0.1) is 0 Å². The van der Waals surface area contributed by atoms with Gasteiger partial charge in [-0.2, -0.15) is 0 Å². The molecule has 0 aliphatic rings. The van der Waals surface area contributed by atoms with Crippen molar-refractivity contribution in [1.29, 1.82) is 0 Å². The molecule has 3 nitrogen and oxygen atoms in total. The molecule has 0 saturated carbocycles. The van der Waals surface area contributed by atoms with Gasteiger partial charge in [0.2, 0.25) is 0 Å². The van der Waals surface area contributed by atoms with Crippen LogP contribution in [-0.2, 0) is 0 Å². The summed E-state index contributed by atoms with van der Waals surface area (Å²) in [6.45, 7) is 0.589. The lowest BCUT2D eigenvalue weighted by atomic mass is 10.2. The summed E-state index contributed by atoms with van der Waals surface area (Å²) in [5.41, 5.74) is 9.65. The molecular formula is C10H13N3. The molecule has 1 rings (SSSR count). The Morgan fingerprint density at radius 1 is 1.31 bits per heavy atom. The first-order valence-corrected chi connectivity index (χ1v) is 4.13. The molecule has 1 aromatic rings. The van der Waals surface area contributed by atoms with E-state index in [0.717, 1.165) is 11.3 Å². The molecule has 0 radical (unpaired) electrons. The van der Waals surface area contributed by atoms with Crippen LogP contribution in [0.4, 0.5) is 5.69 Å². The minimum Gasteiger partial charge on any atom is -0.330 e. The lowest BCUT2D eigenvalue weighted by Gasteiger charge is -2.01. The average molecular weight is 175 g/mol. The summed E-state index contributed by atoms with van der Waals surface area (Å²) in [5.74, 6) is 11.3. The lowest BCUT2D eigenvalue weighted by molar-refractivity contribution is 1.03. The van der Waals surface area contributed by atoms with Gasteiger partial charge in [0.05, 0.1) is 5.69 Å². The lowest BCUT2D eigenvalue weighted by Crippen LogP contribution is -2.07. The Labute approximate surface area is 78.1 Å². The standard InChI is InChI=1S/C10H13N3/c11-8-4-3-6-9-5-1-2-7-10(9)13-12/h1-2,5,7,13H,4,8,11-12H2. The fourth-order valence-corrected chi connectivity index (χ4v) is 0.948. The number of nitrogens with two attached hydrogens (primary N) is 2. The van der Waals surface area contributed by atoms with E-state index in [4.69, 9.17) is 11.6 Å². The second kappa shape index (κ2) is 5.20. The molecule has 0 atom stereocenters. The maximum Gasteiger partial charge on any atom is 0.0641 e. The van der Waals surface area contributed by atoms with Crippen LogP contribution in [0, 0.1) is 11.8 Å². The zero-order valence-electron chi connectivity index (χ0n) is 7.38. The van der Waals surface area contributed by atoms with E-state index in [1.807, 2.05) is 24.3 Å². The highest BCUT2D eigenvalue weighted by atomic mass is 15.2. The van der Waals surface area contributed by atoms with E-state index in [1.165, 1.54) is 0 Å². The van der Waals surface area contributed by atoms with Gasteiger partial charge in [-0.05, 0) is 12.1 Å². The maximum absolute atomic E-state index is 5.32. The molecule has 0 aromatic heterocycles. The van der Waals surface area contributed by atoms with E-state index in [-0.39, 0.29) is 0 Å². The van der Waals surface area contributed by atoms with Gasteiger partial charge < -0.3 is 11.2 Å². The number of para-hydroxylation sites is 1. The number of anilines is 1. The van der Waals surface area contributed by atoms with Gasteiger partial charge in [0.1, 0.15) is 0 Å². The van der Waals surface area contributed by atoms with Crippen LogP contribution in [0.3, 0.4) is 0 Å². The van der Waals surface area contributed by atoms with Gasteiger partial charge >= 0.3 is 0 Å². The molecule has 0 fully saturated rings. The summed E-state index contributed by atoms with van der Waals surface area (Å²) < 4.78 is 0. The predicted molar refractivity (Wildman–Crippen MR) is 54.8 cm³/mol. The molecule has 13 heavy (non-hydrogen) atoms. The number of hydrazine groups is 1. The Balaban J connectivity index is 2.82. The quantitative estimate of drug-likeness (QED) is 0.352. The van der Waals surface area contributed by atoms with E-state index in [1.54, 1.807) is 0 Å². The molecule has 1 aromatic carbocycles. The van der Waals surface area contributed by atoms with Crippen molar-refractivity contribution < 1.29 is 0 Å². The summed E-state index contributed by atoms with van der Waals surface area (Å²) in [7, 11) is 0. The first kappa shape index (κ1) is 9.59. The van der Waals surface area contributed by atoms with Crippen LogP contribution in [0.25, 0.3) is 0 Å². The molecular weight excluding hydrogens is 162 g/mol. The first-order valence-electron chi connectivity index (χ1n) is 4.13. The number of hydrogen-bond acceptors (Lipinski definition) is 3. The minimum absolute atomic E-state index is 0.589. The highest BCUT2D eigenvalue weighted by Gasteiger charge is 1.93. The molecule has 68 valence electrons. The molecule has 0 bridgehead atoms. The normalized spacial score (nSPS) is 8.77. The van der Waals surface area contributed by atoms with Gasteiger partial charge in [0, 0.05) is 18.5 Å². The molecule has 0 saturated heterocycles. The van der Waals surface area contributed by atoms with Gasteiger partial charge in [-0.1, -0.05) is 24.0 Å². The third-order valence-corrected chi connectivity index (χ3v) is 1.57. The smallest absolute Gasteiger partial charge is 0.0641 e. The summed E-state index contributed by atoms with van der Waals surface area (Å²) in [6, 6.07) is 7.63. The average Bonchev–Trinajstić information content (AvgIpc) is 2.19. The zero-order chi connectivity index (χ0) is 9.52. The zero-order valence-corrected chi connectivity index (χ0v) is 7.38.